The van der Waals surface area contributed by atoms with E-state index in [9.17, 15) is 0 Å². The van der Waals surface area contributed by atoms with Crippen molar-refractivity contribution in [3.63, 3.8) is 0 Å². The molecule has 4 aromatic rings. The first-order chi connectivity index (χ1) is 14.8. The van der Waals surface area contributed by atoms with Gasteiger partial charge in [0.1, 0.15) is 0 Å². The number of hydrogen-bond donors (Lipinski definition) is 0. The lowest BCUT2D eigenvalue weighted by molar-refractivity contribution is 0.740. The van der Waals surface area contributed by atoms with Gasteiger partial charge in [0.25, 0.3) is 5.95 Å². The van der Waals surface area contributed by atoms with Crippen molar-refractivity contribution in [1.82, 2.24) is 15.2 Å². The topological polar surface area (TPSA) is 45.2 Å². The number of benzene rings is 3. The van der Waals surface area contributed by atoms with Crippen LogP contribution in [0.1, 0.15) is 18.1 Å². The predicted octanol–water partition coefficient (Wildman–Crippen LogP) is 5.29. The lowest BCUT2D eigenvalue weighted by Gasteiger charge is -2.26. The van der Waals surface area contributed by atoms with Crippen LogP contribution >= 0.6 is 0 Å². The minimum atomic E-state index is 0.325. The number of aromatic nitrogens is 3. The number of rotatable bonds is 5. The van der Waals surface area contributed by atoms with Crippen LogP contribution in [-0.2, 0) is 13.0 Å². The van der Waals surface area contributed by atoms with Gasteiger partial charge in [-0.15, -0.1) is 5.10 Å². The van der Waals surface area contributed by atoms with Gasteiger partial charge in [-0.05, 0) is 42.7 Å². The second-order valence-electron chi connectivity index (χ2n) is 7.57. The van der Waals surface area contributed by atoms with Crippen LogP contribution in [0, 0.1) is 0 Å². The van der Waals surface area contributed by atoms with Crippen molar-refractivity contribution in [2.45, 2.75) is 25.9 Å². The van der Waals surface area contributed by atoms with Gasteiger partial charge in [0.2, 0.25) is 0 Å². The van der Waals surface area contributed by atoms with E-state index in [1.165, 1.54) is 16.8 Å². The summed E-state index contributed by atoms with van der Waals surface area (Å²) in [4.78, 5) is 9.33. The highest BCUT2D eigenvalue weighted by atomic mass is 15.4. The Bertz CT molecular complexity index is 1130. The summed E-state index contributed by atoms with van der Waals surface area (Å²) in [5.74, 6) is 1.42. The number of nitrogens with zero attached hydrogens (tertiary/aromatic N) is 5. The standard InChI is InChI=1S/C25H23N5/c1-19-16-21-12-8-9-15-23(21)30(19)24-17-26-28-25(27-24)29(22-13-6-3-7-14-22)18-20-10-4-2-5-11-20/h2-15,17,19H,16,18H2,1H3. The first kappa shape index (κ1) is 18.3. The van der Waals surface area contributed by atoms with E-state index >= 15 is 0 Å². The fourth-order valence-corrected chi connectivity index (χ4v) is 4.08. The van der Waals surface area contributed by atoms with Gasteiger partial charge in [0, 0.05) is 17.4 Å². The highest BCUT2D eigenvalue weighted by Gasteiger charge is 2.28. The zero-order valence-electron chi connectivity index (χ0n) is 16.9. The average Bonchev–Trinajstić information content (AvgIpc) is 3.14. The third-order valence-electron chi connectivity index (χ3n) is 5.48. The lowest BCUT2D eigenvalue weighted by atomic mass is 10.1. The van der Waals surface area contributed by atoms with Crippen LogP contribution in [0.2, 0.25) is 0 Å². The molecule has 0 spiro atoms. The van der Waals surface area contributed by atoms with Gasteiger partial charge < -0.3 is 9.80 Å². The van der Waals surface area contributed by atoms with E-state index in [2.05, 4.69) is 87.6 Å². The van der Waals surface area contributed by atoms with Gasteiger partial charge in [-0.1, -0.05) is 66.7 Å². The first-order valence-corrected chi connectivity index (χ1v) is 10.2. The predicted molar refractivity (Wildman–Crippen MR) is 120 cm³/mol. The second-order valence-corrected chi connectivity index (χ2v) is 7.57. The zero-order chi connectivity index (χ0) is 20.3. The highest BCUT2D eigenvalue weighted by Crippen LogP contribution is 2.37. The molecule has 1 unspecified atom stereocenters. The normalized spacial score (nSPS) is 15.1. The Labute approximate surface area is 176 Å². The monoisotopic (exact) mass is 393 g/mol. The van der Waals surface area contributed by atoms with Gasteiger partial charge in [-0.2, -0.15) is 10.1 Å². The van der Waals surface area contributed by atoms with Gasteiger partial charge in [-0.3, -0.25) is 0 Å². The smallest absolute Gasteiger partial charge is 0.252 e. The maximum absolute atomic E-state index is 4.96. The molecule has 0 fully saturated rings. The minimum Gasteiger partial charge on any atom is -0.322 e. The van der Waals surface area contributed by atoms with E-state index < -0.39 is 0 Å². The first-order valence-electron chi connectivity index (χ1n) is 10.2. The molecule has 0 amide bonds. The summed E-state index contributed by atoms with van der Waals surface area (Å²) < 4.78 is 0. The van der Waals surface area contributed by atoms with Crippen molar-refractivity contribution >= 4 is 23.1 Å². The highest BCUT2D eigenvalue weighted by molar-refractivity contribution is 5.69. The van der Waals surface area contributed by atoms with Gasteiger partial charge in [0.05, 0.1) is 12.7 Å². The number of para-hydroxylation sites is 2. The molecule has 0 N–H and O–H groups in total. The van der Waals surface area contributed by atoms with E-state index in [1.54, 1.807) is 6.20 Å². The molecule has 1 aromatic heterocycles. The fraction of sp³-hybridized carbons (Fsp3) is 0.160. The molecular weight excluding hydrogens is 370 g/mol. The van der Waals surface area contributed by atoms with E-state index in [4.69, 9.17) is 4.98 Å². The molecular formula is C25H23N5. The molecule has 5 heteroatoms. The largest absolute Gasteiger partial charge is 0.322 e. The molecule has 1 aliphatic rings. The molecule has 1 atom stereocenters. The van der Waals surface area contributed by atoms with E-state index in [0.717, 1.165) is 17.9 Å². The Hall–Kier alpha value is -3.73. The van der Waals surface area contributed by atoms with Crippen molar-refractivity contribution in [2.75, 3.05) is 9.80 Å². The summed E-state index contributed by atoms with van der Waals surface area (Å²) in [6, 6.07) is 29.4. The van der Waals surface area contributed by atoms with E-state index in [1.807, 2.05) is 24.3 Å². The molecule has 0 saturated heterocycles. The molecule has 0 bridgehead atoms. The quantitative estimate of drug-likeness (QED) is 0.461. The molecule has 5 rings (SSSR count). The molecule has 3 aromatic carbocycles. The van der Waals surface area contributed by atoms with Gasteiger partial charge in [0.15, 0.2) is 5.82 Å². The maximum Gasteiger partial charge on any atom is 0.252 e. The zero-order valence-corrected chi connectivity index (χ0v) is 16.9. The summed E-state index contributed by atoms with van der Waals surface area (Å²) >= 11 is 0. The Morgan fingerprint density at radius 2 is 1.60 bits per heavy atom. The molecule has 0 radical (unpaired) electrons. The third kappa shape index (κ3) is 3.50. The molecule has 0 saturated carbocycles. The summed E-state index contributed by atoms with van der Waals surface area (Å²) in [6.45, 7) is 2.89. The van der Waals surface area contributed by atoms with Crippen molar-refractivity contribution in [1.29, 1.82) is 0 Å². The maximum atomic E-state index is 4.96. The molecule has 148 valence electrons. The van der Waals surface area contributed by atoms with Crippen LogP contribution in [0.15, 0.2) is 91.1 Å². The van der Waals surface area contributed by atoms with Crippen LogP contribution in [0.3, 0.4) is 0 Å². The third-order valence-corrected chi connectivity index (χ3v) is 5.48. The van der Waals surface area contributed by atoms with E-state index in [0.29, 0.717) is 18.5 Å². The number of fused-ring (bicyclic) bond motifs is 1. The van der Waals surface area contributed by atoms with E-state index in [-0.39, 0.29) is 0 Å². The molecule has 1 aliphatic heterocycles. The molecule has 0 aliphatic carbocycles. The summed E-state index contributed by atoms with van der Waals surface area (Å²) in [7, 11) is 0. The molecule has 2 heterocycles. The van der Waals surface area contributed by atoms with Crippen LogP contribution in [0.4, 0.5) is 23.1 Å². The van der Waals surface area contributed by atoms with Crippen molar-refractivity contribution in [3.8, 4) is 0 Å². The van der Waals surface area contributed by atoms with Gasteiger partial charge >= 0.3 is 0 Å². The molecule has 30 heavy (non-hydrogen) atoms. The molecule has 5 nitrogen and oxygen atoms in total. The van der Waals surface area contributed by atoms with Gasteiger partial charge in [-0.25, -0.2) is 0 Å². The second kappa shape index (κ2) is 7.95. The van der Waals surface area contributed by atoms with Crippen LogP contribution in [-0.4, -0.2) is 21.2 Å². The average molecular weight is 393 g/mol. The summed E-state index contributed by atoms with van der Waals surface area (Å²) in [5, 5.41) is 8.73. The Morgan fingerprint density at radius 3 is 2.40 bits per heavy atom. The van der Waals surface area contributed by atoms with Crippen LogP contribution in [0.25, 0.3) is 0 Å². The minimum absolute atomic E-state index is 0.325. The van der Waals surface area contributed by atoms with Crippen LogP contribution < -0.4 is 9.80 Å². The van der Waals surface area contributed by atoms with Crippen molar-refractivity contribution < 1.29 is 0 Å². The SMILES string of the molecule is CC1Cc2ccccc2N1c1cnnc(N(Cc2ccccc2)c2ccccc2)n1. The van der Waals surface area contributed by atoms with Crippen molar-refractivity contribution in [3.05, 3.63) is 102 Å². The van der Waals surface area contributed by atoms with Crippen molar-refractivity contribution in [2.24, 2.45) is 0 Å². The number of anilines is 4. The lowest BCUT2D eigenvalue weighted by Crippen LogP contribution is -2.26. The van der Waals surface area contributed by atoms with Crippen LogP contribution in [0.5, 0.6) is 0 Å². The Morgan fingerprint density at radius 1 is 0.900 bits per heavy atom. The Balaban J connectivity index is 1.55. The summed E-state index contributed by atoms with van der Waals surface area (Å²) in [6.07, 6.45) is 2.76. The fourth-order valence-electron chi connectivity index (χ4n) is 4.08. The Kier molecular flexibility index (Phi) is 4.85. The number of hydrogen-bond acceptors (Lipinski definition) is 5. The summed E-state index contributed by atoms with van der Waals surface area (Å²) in [5.41, 5.74) is 4.77.